The van der Waals surface area contributed by atoms with Crippen LogP contribution in [0.1, 0.15) is 50.0 Å². The predicted octanol–water partition coefficient (Wildman–Crippen LogP) is 15.5. The Balaban J connectivity index is 0.773. The third kappa shape index (κ3) is 7.31. The molecule has 1 saturated heterocycles. The first-order valence-corrected chi connectivity index (χ1v) is 24.8. The Morgan fingerprint density at radius 2 is 1.22 bits per heavy atom. The number of anilines is 2. The van der Waals surface area contributed by atoms with Gasteiger partial charge in [-0.1, -0.05) is 176 Å². The molecule has 4 nitrogen and oxygen atoms in total. The van der Waals surface area contributed by atoms with Gasteiger partial charge in [0.2, 0.25) is 0 Å². The zero-order chi connectivity index (χ0) is 45.0. The minimum atomic E-state index is 0.427. The maximum Gasteiger partial charge on any atom is 0.160 e. The third-order valence-electron chi connectivity index (χ3n) is 15.6. The third-order valence-corrected chi connectivity index (χ3v) is 15.6. The number of allylic oxidation sites excluding steroid dienone is 8. The second-order valence-electron chi connectivity index (χ2n) is 19.4. The highest BCUT2D eigenvalue weighted by molar-refractivity contribution is 5.81. The average Bonchev–Trinajstić information content (AvgIpc) is 3.94. The lowest BCUT2D eigenvalue weighted by Crippen LogP contribution is -2.37. The topological polar surface area (TPSA) is 32.3 Å². The quantitative estimate of drug-likeness (QED) is 0.152. The summed E-state index contributed by atoms with van der Waals surface area (Å²) >= 11 is 0. The average molecular weight is 879 g/mol. The molecule has 6 unspecified atom stereocenters. The number of nitrogens with zero attached hydrogens (tertiary/aromatic N) is 4. The van der Waals surface area contributed by atoms with Crippen LogP contribution in [0, 0.1) is 11.8 Å². The van der Waals surface area contributed by atoms with Gasteiger partial charge in [0.25, 0.3) is 0 Å². The highest BCUT2D eigenvalue weighted by Gasteiger charge is 2.47. The van der Waals surface area contributed by atoms with Crippen LogP contribution in [-0.2, 0) is 0 Å². The van der Waals surface area contributed by atoms with Crippen molar-refractivity contribution in [2.75, 3.05) is 4.90 Å². The van der Waals surface area contributed by atoms with Crippen molar-refractivity contribution in [3.05, 3.63) is 241 Å². The summed E-state index contributed by atoms with van der Waals surface area (Å²) in [6, 6.07) is 60.5. The zero-order valence-corrected chi connectivity index (χ0v) is 38.3. The molecule has 6 aromatic carbocycles. The smallest absolute Gasteiger partial charge is 0.160 e. The number of hydrogen-bond acceptors (Lipinski definition) is 4. The van der Waals surface area contributed by atoms with Gasteiger partial charge in [-0.2, -0.15) is 0 Å². The van der Waals surface area contributed by atoms with E-state index in [-0.39, 0.29) is 0 Å². The summed E-state index contributed by atoms with van der Waals surface area (Å²) < 4.78 is 0. The molecule has 6 aliphatic rings. The molecule has 1 saturated carbocycles. The summed E-state index contributed by atoms with van der Waals surface area (Å²) in [5.74, 6) is 2.25. The van der Waals surface area contributed by atoms with Gasteiger partial charge < -0.3 is 9.80 Å². The lowest BCUT2D eigenvalue weighted by molar-refractivity contribution is 0.270. The Morgan fingerprint density at radius 1 is 0.559 bits per heavy atom. The van der Waals surface area contributed by atoms with Crippen LogP contribution < -0.4 is 4.90 Å². The van der Waals surface area contributed by atoms with Gasteiger partial charge in [-0.25, -0.2) is 9.97 Å². The Bertz CT molecular complexity index is 3190. The number of fused-ring (bicyclic) bond motifs is 6. The molecule has 2 fully saturated rings. The van der Waals surface area contributed by atoms with Crippen LogP contribution in [0.3, 0.4) is 0 Å². The molecule has 3 heterocycles. The van der Waals surface area contributed by atoms with E-state index < -0.39 is 0 Å². The van der Waals surface area contributed by atoms with E-state index in [2.05, 4.69) is 204 Å². The molecular formula is C64H54N4. The highest BCUT2D eigenvalue weighted by atomic mass is 15.2. The second kappa shape index (κ2) is 17.3. The molecule has 68 heavy (non-hydrogen) atoms. The number of rotatable bonds is 8. The maximum atomic E-state index is 5.13. The molecule has 0 radical (unpaired) electrons. The molecule has 330 valence electrons. The van der Waals surface area contributed by atoms with E-state index in [1.165, 1.54) is 58.6 Å². The molecule has 0 N–H and O–H groups in total. The number of hydrogen-bond donors (Lipinski definition) is 0. The molecule has 0 spiro atoms. The standard InChI is InChI=1S/C64H54N4/c1-4-17-43(18-5-1)58-42-59(66-64(65-58)44-19-6-2-7-20-44)51-25-15-23-47(38-51)45-21-14-22-46(37-45)48-24-16-28-53(39-48)68-61-32-13-11-30-55(61)57-41-50(34-36-63(57)68)49-33-35-62-56(40-49)54-29-10-12-31-60(54)67(62)52-26-8-3-9-27-52/h1-8,10-26,28-33,37-40,42,50,54,57,60,62-63H,9,27,34-36,41H2. The Hall–Kier alpha value is -7.56. The SMILES string of the molecule is C1=CCCC(N2C3CC=C(C4CCC5C(C4)c4ccccc4N5c4cccc(-c5cccc(-c6cccc(-c7cc(-c8ccccc8)nc(-c8ccccc8)n7)c6)c5)c4)C=C3C3C=CC=CC32)=C1. The lowest BCUT2D eigenvalue weighted by atomic mass is 9.71. The largest absolute Gasteiger partial charge is 0.360 e. The normalized spacial score (nSPS) is 23.3. The predicted molar refractivity (Wildman–Crippen MR) is 280 cm³/mol. The minimum Gasteiger partial charge on any atom is -0.360 e. The summed E-state index contributed by atoms with van der Waals surface area (Å²) in [7, 11) is 0. The van der Waals surface area contributed by atoms with E-state index >= 15 is 0 Å². The fourth-order valence-corrected chi connectivity index (χ4v) is 12.5. The molecule has 13 rings (SSSR count). The van der Waals surface area contributed by atoms with Crippen LogP contribution in [0.4, 0.5) is 11.4 Å². The van der Waals surface area contributed by atoms with Gasteiger partial charge in [-0.05, 0) is 126 Å². The summed E-state index contributed by atoms with van der Waals surface area (Å²) in [4.78, 5) is 15.6. The summed E-state index contributed by atoms with van der Waals surface area (Å²) in [5.41, 5.74) is 18.6. The van der Waals surface area contributed by atoms with Crippen LogP contribution in [0.25, 0.3) is 56.2 Å². The van der Waals surface area contributed by atoms with Crippen LogP contribution in [0.5, 0.6) is 0 Å². The summed E-state index contributed by atoms with van der Waals surface area (Å²) in [6.45, 7) is 0. The van der Waals surface area contributed by atoms with Gasteiger partial charge in [-0.15, -0.1) is 0 Å². The molecule has 2 aliphatic heterocycles. The first-order valence-electron chi connectivity index (χ1n) is 24.8. The highest BCUT2D eigenvalue weighted by Crippen LogP contribution is 2.55. The van der Waals surface area contributed by atoms with Gasteiger partial charge in [0.1, 0.15) is 0 Å². The van der Waals surface area contributed by atoms with E-state index in [1.807, 2.05) is 24.3 Å². The van der Waals surface area contributed by atoms with Crippen molar-refractivity contribution in [2.24, 2.45) is 11.8 Å². The Morgan fingerprint density at radius 3 is 2.00 bits per heavy atom. The van der Waals surface area contributed by atoms with Gasteiger partial charge >= 0.3 is 0 Å². The van der Waals surface area contributed by atoms with Crippen LogP contribution in [0.15, 0.2) is 235 Å². The number of para-hydroxylation sites is 1. The Kier molecular flexibility index (Phi) is 10.3. The lowest BCUT2D eigenvalue weighted by Gasteiger charge is -2.39. The van der Waals surface area contributed by atoms with Crippen molar-refractivity contribution in [1.82, 2.24) is 14.9 Å². The molecule has 0 amide bonds. The van der Waals surface area contributed by atoms with Crippen molar-refractivity contribution in [1.29, 1.82) is 0 Å². The monoisotopic (exact) mass is 878 g/mol. The van der Waals surface area contributed by atoms with Gasteiger partial charge in [-0.3, -0.25) is 0 Å². The van der Waals surface area contributed by atoms with Crippen molar-refractivity contribution >= 4 is 11.4 Å². The molecule has 7 aromatic rings. The van der Waals surface area contributed by atoms with Gasteiger partial charge in [0, 0.05) is 51.6 Å². The molecule has 4 heteroatoms. The van der Waals surface area contributed by atoms with Crippen molar-refractivity contribution < 1.29 is 0 Å². The number of benzene rings is 6. The van der Waals surface area contributed by atoms with Crippen LogP contribution in [-0.4, -0.2) is 33.0 Å². The fraction of sp³-hybridized carbons (Fsp3) is 0.188. The van der Waals surface area contributed by atoms with Gasteiger partial charge in [0.15, 0.2) is 5.82 Å². The minimum absolute atomic E-state index is 0.427. The zero-order valence-electron chi connectivity index (χ0n) is 38.3. The van der Waals surface area contributed by atoms with E-state index in [9.17, 15) is 0 Å². The number of likely N-dealkylation sites (tertiary alicyclic amines) is 1. The van der Waals surface area contributed by atoms with Crippen molar-refractivity contribution in [3.63, 3.8) is 0 Å². The summed E-state index contributed by atoms with van der Waals surface area (Å²) in [6.07, 6.45) is 28.7. The van der Waals surface area contributed by atoms with Crippen LogP contribution >= 0.6 is 0 Å². The molecule has 6 atom stereocenters. The molecule has 1 aromatic heterocycles. The van der Waals surface area contributed by atoms with E-state index in [0.29, 0.717) is 35.9 Å². The fourth-order valence-electron chi connectivity index (χ4n) is 12.5. The maximum absolute atomic E-state index is 5.13. The van der Waals surface area contributed by atoms with E-state index in [1.54, 1.807) is 11.1 Å². The second-order valence-corrected chi connectivity index (χ2v) is 19.4. The van der Waals surface area contributed by atoms with E-state index in [0.717, 1.165) is 58.7 Å². The molecular weight excluding hydrogens is 825 g/mol. The first kappa shape index (κ1) is 40.7. The number of aromatic nitrogens is 2. The van der Waals surface area contributed by atoms with Crippen molar-refractivity contribution in [3.8, 4) is 56.2 Å². The first-order chi connectivity index (χ1) is 33.7. The molecule has 4 aliphatic carbocycles. The molecule has 0 bridgehead atoms. The van der Waals surface area contributed by atoms with E-state index in [4.69, 9.17) is 9.97 Å². The van der Waals surface area contributed by atoms with Crippen molar-refractivity contribution in [2.45, 2.75) is 62.6 Å². The van der Waals surface area contributed by atoms with Gasteiger partial charge in [0.05, 0.1) is 23.5 Å². The summed E-state index contributed by atoms with van der Waals surface area (Å²) in [5, 5.41) is 0. The Labute approximate surface area is 400 Å². The van der Waals surface area contributed by atoms with Crippen LogP contribution in [0.2, 0.25) is 0 Å².